The second-order valence-electron chi connectivity index (χ2n) is 11.3. The Hall–Kier alpha value is -3.77. The van der Waals surface area contributed by atoms with Crippen LogP contribution in [-0.2, 0) is 24.2 Å². The molecule has 5 rings (SSSR count). The summed E-state index contributed by atoms with van der Waals surface area (Å²) in [4.78, 5) is 16.5. The molecule has 0 aromatic heterocycles. The summed E-state index contributed by atoms with van der Waals surface area (Å²) >= 11 is 0. The summed E-state index contributed by atoms with van der Waals surface area (Å²) in [6.07, 6.45) is 4.23. The van der Waals surface area contributed by atoms with Crippen LogP contribution >= 0.6 is 12.4 Å². The van der Waals surface area contributed by atoms with Gasteiger partial charge in [-0.3, -0.25) is 4.99 Å². The zero-order valence-electron chi connectivity index (χ0n) is 23.6. The van der Waals surface area contributed by atoms with Crippen LogP contribution in [0.2, 0.25) is 0 Å². The molecule has 0 radical (unpaired) electrons. The predicted octanol–water partition coefficient (Wildman–Crippen LogP) is 7.07. The zero-order chi connectivity index (χ0) is 27.8. The second-order valence-corrected chi connectivity index (χ2v) is 11.3. The molecule has 0 amide bonds. The van der Waals surface area contributed by atoms with Crippen molar-refractivity contribution < 1.29 is 24.1 Å². The average Bonchev–Trinajstić information content (AvgIpc) is 3.21. The van der Waals surface area contributed by atoms with Crippen molar-refractivity contribution in [2.75, 3.05) is 6.61 Å². The highest BCUT2D eigenvalue weighted by molar-refractivity contribution is 6.16. The number of hydrogen-bond acceptors (Lipinski definition) is 5. The van der Waals surface area contributed by atoms with Gasteiger partial charge in [0, 0.05) is 34.8 Å². The van der Waals surface area contributed by atoms with E-state index in [9.17, 15) is 9.90 Å². The monoisotopic (exact) mass is 561 g/mol. The molecular weight excluding hydrogens is 526 g/mol. The third-order valence-corrected chi connectivity index (χ3v) is 6.91. The van der Waals surface area contributed by atoms with Gasteiger partial charge in [-0.05, 0) is 70.4 Å². The summed E-state index contributed by atoms with van der Waals surface area (Å²) < 4.78 is 18.7. The number of hydrogen-bond donors (Lipinski definition) is 1. The molecule has 0 unspecified atom stereocenters. The summed E-state index contributed by atoms with van der Waals surface area (Å²) in [7, 11) is 0. The molecule has 2 aliphatic heterocycles. The van der Waals surface area contributed by atoms with Crippen LogP contribution in [0, 0.1) is 0 Å². The van der Waals surface area contributed by atoms with Gasteiger partial charge in [-0.1, -0.05) is 42.5 Å². The van der Waals surface area contributed by atoms with Crippen LogP contribution in [0.5, 0.6) is 17.2 Å². The van der Waals surface area contributed by atoms with Gasteiger partial charge in [-0.15, -0.1) is 12.4 Å². The number of aliphatic carboxylic acids is 1. The molecule has 40 heavy (non-hydrogen) atoms. The first-order valence-electron chi connectivity index (χ1n) is 13.4. The predicted molar refractivity (Wildman–Crippen MR) is 161 cm³/mol. The van der Waals surface area contributed by atoms with Crippen LogP contribution in [0.25, 0.3) is 6.08 Å². The molecule has 0 fully saturated rings. The van der Waals surface area contributed by atoms with E-state index in [1.165, 1.54) is 5.56 Å². The molecule has 3 aromatic rings. The number of fused-ring (bicyclic) bond motifs is 3. The van der Waals surface area contributed by atoms with Crippen LogP contribution in [0.4, 0.5) is 0 Å². The number of nitrogens with zero attached hydrogens (tertiary/aromatic N) is 1. The first-order chi connectivity index (χ1) is 18.5. The number of carbonyl (C=O) groups is 1. The Kier molecular flexibility index (Phi) is 8.31. The van der Waals surface area contributed by atoms with Crippen molar-refractivity contribution in [3.8, 4) is 17.2 Å². The minimum Gasteiger partial charge on any atom is -0.490 e. The highest BCUT2D eigenvalue weighted by atomic mass is 35.5. The number of rotatable bonds is 8. The van der Waals surface area contributed by atoms with E-state index in [-0.39, 0.29) is 23.5 Å². The molecule has 0 atom stereocenters. The molecule has 0 aliphatic carbocycles. The third kappa shape index (κ3) is 6.18. The van der Waals surface area contributed by atoms with Gasteiger partial charge >= 0.3 is 5.97 Å². The molecule has 6 nitrogen and oxygen atoms in total. The van der Waals surface area contributed by atoms with Crippen LogP contribution in [-0.4, -0.2) is 34.5 Å². The fourth-order valence-corrected chi connectivity index (χ4v) is 5.38. The maximum Gasteiger partial charge on any atom is 0.328 e. The Morgan fingerprint density at radius 1 is 1.02 bits per heavy atom. The molecule has 210 valence electrons. The van der Waals surface area contributed by atoms with Crippen LogP contribution in [0.1, 0.15) is 68.0 Å². The standard InChI is InChI=1S/C33H35NO5.ClH/c1-6-37-27-17-24-18-32(2,3)34-30(29(24)25-19-33(4,5)39-31(25)27)23-13-12-22(14-15-28(35)36)26(16-23)38-20-21-10-8-7-9-11-21;/h7-17H,6,18-20H2,1-5H3,(H,35,36);1H/b15-14+;. The topological polar surface area (TPSA) is 77.4 Å². The van der Waals surface area contributed by atoms with Gasteiger partial charge in [-0.25, -0.2) is 4.79 Å². The molecule has 0 saturated carbocycles. The zero-order valence-corrected chi connectivity index (χ0v) is 24.4. The Balaban J connectivity index is 0.00000370. The first kappa shape index (κ1) is 29.2. The minimum absolute atomic E-state index is 0. The lowest BCUT2D eigenvalue weighted by Crippen LogP contribution is -2.30. The Morgan fingerprint density at radius 2 is 1.77 bits per heavy atom. The quantitative estimate of drug-likeness (QED) is 0.298. The highest BCUT2D eigenvalue weighted by Gasteiger charge is 2.39. The molecular formula is C33H36ClNO5. The number of ether oxygens (including phenoxy) is 3. The van der Waals surface area contributed by atoms with Crippen molar-refractivity contribution >= 4 is 30.2 Å². The van der Waals surface area contributed by atoms with Crippen molar-refractivity contribution in [3.63, 3.8) is 0 Å². The van der Waals surface area contributed by atoms with Crippen LogP contribution in [0.3, 0.4) is 0 Å². The minimum atomic E-state index is -1.01. The second kappa shape index (κ2) is 11.4. The maximum absolute atomic E-state index is 11.3. The lowest BCUT2D eigenvalue weighted by molar-refractivity contribution is -0.131. The van der Waals surface area contributed by atoms with Crippen molar-refractivity contribution in [1.82, 2.24) is 0 Å². The lowest BCUT2D eigenvalue weighted by atomic mass is 9.81. The first-order valence-corrected chi connectivity index (χ1v) is 13.4. The molecule has 2 aliphatic rings. The normalized spacial score (nSPS) is 16.3. The van der Waals surface area contributed by atoms with Crippen molar-refractivity contribution in [3.05, 3.63) is 94.1 Å². The van der Waals surface area contributed by atoms with Gasteiger partial charge in [0.2, 0.25) is 0 Å². The van der Waals surface area contributed by atoms with E-state index in [0.717, 1.165) is 58.4 Å². The summed E-state index contributed by atoms with van der Waals surface area (Å²) in [5, 5.41) is 9.22. The summed E-state index contributed by atoms with van der Waals surface area (Å²) in [6, 6.07) is 17.9. The lowest BCUT2D eigenvalue weighted by Gasteiger charge is -2.31. The van der Waals surface area contributed by atoms with Crippen molar-refractivity contribution in [2.24, 2.45) is 4.99 Å². The van der Waals surface area contributed by atoms with Crippen LogP contribution < -0.4 is 14.2 Å². The molecule has 0 spiro atoms. The van der Waals surface area contributed by atoms with Gasteiger partial charge in [0.1, 0.15) is 18.0 Å². The molecule has 1 N–H and O–H groups in total. The number of carboxylic acid groups (broad SMARTS) is 1. The smallest absolute Gasteiger partial charge is 0.328 e. The Bertz CT molecular complexity index is 1470. The van der Waals surface area contributed by atoms with E-state index in [2.05, 4.69) is 33.8 Å². The van der Waals surface area contributed by atoms with Gasteiger partial charge in [-0.2, -0.15) is 0 Å². The Morgan fingerprint density at radius 3 is 2.48 bits per heavy atom. The average molecular weight is 562 g/mol. The van der Waals surface area contributed by atoms with Gasteiger partial charge in [0.05, 0.1) is 17.9 Å². The largest absolute Gasteiger partial charge is 0.490 e. The Labute approximate surface area is 242 Å². The van der Waals surface area contributed by atoms with Gasteiger partial charge in [0.25, 0.3) is 0 Å². The van der Waals surface area contributed by atoms with Crippen molar-refractivity contribution in [1.29, 1.82) is 0 Å². The SMILES string of the molecule is CCOc1cc2c(c3c1OC(C)(C)C3)C(c1ccc(/C=C/C(=O)O)c(OCc3ccccc3)c1)=NC(C)(C)C2.Cl. The van der Waals surface area contributed by atoms with Crippen LogP contribution in [0.15, 0.2) is 65.7 Å². The van der Waals surface area contributed by atoms with E-state index in [4.69, 9.17) is 19.2 Å². The van der Waals surface area contributed by atoms with E-state index >= 15 is 0 Å². The van der Waals surface area contributed by atoms with E-state index in [1.54, 1.807) is 6.08 Å². The van der Waals surface area contributed by atoms with Crippen molar-refractivity contribution in [2.45, 2.75) is 65.2 Å². The van der Waals surface area contributed by atoms with Gasteiger partial charge in [0.15, 0.2) is 11.5 Å². The summed E-state index contributed by atoms with van der Waals surface area (Å²) in [6.45, 7) is 11.4. The summed E-state index contributed by atoms with van der Waals surface area (Å²) in [5.74, 6) is 1.17. The molecule has 7 heteroatoms. The maximum atomic E-state index is 11.3. The fraction of sp³-hybridized carbons (Fsp3) is 0.333. The molecule has 3 aromatic carbocycles. The molecule has 2 heterocycles. The van der Waals surface area contributed by atoms with E-state index in [1.807, 2.05) is 55.5 Å². The highest BCUT2D eigenvalue weighted by Crippen LogP contribution is 2.48. The summed E-state index contributed by atoms with van der Waals surface area (Å²) in [5.41, 5.74) is 6.26. The van der Waals surface area contributed by atoms with Gasteiger partial charge < -0.3 is 19.3 Å². The number of aliphatic imine (C=N–C) groups is 1. The third-order valence-electron chi connectivity index (χ3n) is 6.91. The fourth-order valence-electron chi connectivity index (χ4n) is 5.38. The number of carboxylic acids is 1. The van der Waals surface area contributed by atoms with E-state index < -0.39 is 5.97 Å². The number of halogens is 1. The van der Waals surface area contributed by atoms with E-state index in [0.29, 0.717) is 24.5 Å². The molecule has 0 bridgehead atoms. The number of benzene rings is 3. The molecule has 0 saturated heterocycles.